The summed E-state index contributed by atoms with van der Waals surface area (Å²) >= 11 is 0. The Morgan fingerprint density at radius 3 is 2.44 bits per heavy atom. The number of aromatic amines is 2. The van der Waals surface area contributed by atoms with Crippen LogP contribution in [0, 0.1) is 5.82 Å². The summed E-state index contributed by atoms with van der Waals surface area (Å²) < 4.78 is 51.7. The number of aromatic nitrogens is 5. The molecule has 1 fully saturated rings. The van der Waals surface area contributed by atoms with Crippen LogP contribution in [0.2, 0.25) is 0 Å². The fourth-order valence-electron chi connectivity index (χ4n) is 3.85. The molecule has 2 N–H and O–H groups in total. The molecule has 0 radical (unpaired) electrons. The maximum Gasteiger partial charge on any atom is 0.417 e. The highest BCUT2D eigenvalue weighted by atomic mass is 19.4. The lowest BCUT2D eigenvalue weighted by Gasteiger charge is -2.35. The number of alkyl halides is 3. The minimum atomic E-state index is -4.39. The molecule has 0 spiro atoms. The van der Waals surface area contributed by atoms with E-state index in [0.717, 1.165) is 36.6 Å². The third kappa shape index (κ3) is 5.04. The molecule has 1 aliphatic heterocycles. The van der Waals surface area contributed by atoms with E-state index in [9.17, 15) is 17.6 Å². The average molecular weight is 475 g/mol. The van der Waals surface area contributed by atoms with Gasteiger partial charge in [-0.2, -0.15) is 18.3 Å². The summed E-state index contributed by atoms with van der Waals surface area (Å²) in [6, 6.07) is 6.86. The number of anilines is 1. The maximum absolute atomic E-state index is 13.5. The molecule has 4 aromatic rings. The fraction of sp³-hybridized carbons (Fsp3) is 0.348. The Balaban J connectivity index is 0.00000133. The Hall–Kier alpha value is -3.47. The molecule has 1 aliphatic rings. The number of pyridine rings is 1. The summed E-state index contributed by atoms with van der Waals surface area (Å²) in [6.45, 7) is 7.37. The first-order valence-corrected chi connectivity index (χ1v) is 11.1. The Labute approximate surface area is 193 Å². The van der Waals surface area contributed by atoms with Gasteiger partial charge >= 0.3 is 6.18 Å². The Morgan fingerprint density at radius 1 is 1.00 bits per heavy atom. The third-order valence-electron chi connectivity index (χ3n) is 5.56. The number of imidazole rings is 1. The van der Waals surface area contributed by atoms with Crippen LogP contribution in [-0.4, -0.2) is 56.2 Å². The summed E-state index contributed by atoms with van der Waals surface area (Å²) in [4.78, 5) is 15.8. The van der Waals surface area contributed by atoms with Gasteiger partial charge in [0.1, 0.15) is 17.3 Å². The zero-order valence-electron chi connectivity index (χ0n) is 18.8. The largest absolute Gasteiger partial charge is 0.417 e. The molecule has 1 aromatic carbocycles. The number of benzene rings is 1. The number of rotatable bonds is 4. The Morgan fingerprint density at radius 2 is 1.76 bits per heavy atom. The van der Waals surface area contributed by atoms with Crippen LogP contribution in [0.3, 0.4) is 0 Å². The van der Waals surface area contributed by atoms with Crippen molar-refractivity contribution in [3.63, 3.8) is 0 Å². The lowest BCUT2D eigenvalue weighted by molar-refractivity contribution is -0.137. The Bertz CT molecular complexity index is 1220. The second-order valence-electron chi connectivity index (χ2n) is 7.68. The van der Waals surface area contributed by atoms with E-state index < -0.39 is 11.7 Å². The summed E-state index contributed by atoms with van der Waals surface area (Å²) in [7, 11) is 0. The first kappa shape index (κ1) is 23.7. The molecule has 0 amide bonds. The van der Waals surface area contributed by atoms with Crippen molar-refractivity contribution in [1.29, 1.82) is 0 Å². The molecule has 4 heterocycles. The molecular weight excluding hydrogens is 450 g/mol. The van der Waals surface area contributed by atoms with Crippen LogP contribution in [0.1, 0.15) is 25.0 Å². The quantitative estimate of drug-likeness (QED) is 0.413. The normalized spacial score (nSPS) is 14.8. The Kier molecular flexibility index (Phi) is 6.82. The van der Waals surface area contributed by atoms with Gasteiger partial charge in [0.2, 0.25) is 0 Å². The highest BCUT2D eigenvalue weighted by molar-refractivity contribution is 5.79. The van der Waals surface area contributed by atoms with Crippen LogP contribution in [-0.2, 0) is 12.7 Å². The van der Waals surface area contributed by atoms with E-state index in [-0.39, 0.29) is 5.82 Å². The van der Waals surface area contributed by atoms with E-state index in [1.807, 2.05) is 18.7 Å². The smallest absolute Gasteiger partial charge is 0.354 e. The van der Waals surface area contributed by atoms with Crippen LogP contribution in [0.25, 0.3) is 22.6 Å². The highest BCUT2D eigenvalue weighted by Gasteiger charge is 2.31. The van der Waals surface area contributed by atoms with Gasteiger partial charge in [0.25, 0.3) is 0 Å². The van der Waals surface area contributed by atoms with Crippen molar-refractivity contribution in [2.75, 3.05) is 31.1 Å². The molecule has 11 heteroatoms. The number of piperazine rings is 1. The van der Waals surface area contributed by atoms with Crippen molar-refractivity contribution in [2.45, 2.75) is 26.6 Å². The van der Waals surface area contributed by atoms with Gasteiger partial charge in [0, 0.05) is 44.5 Å². The van der Waals surface area contributed by atoms with Gasteiger partial charge in [0.05, 0.1) is 22.8 Å². The monoisotopic (exact) mass is 475 g/mol. The SMILES string of the molecule is CC.Fc1ccc2nc(-c3[nH]ncc3CN3CCN(c4ccc(C(F)(F)F)cn4)CC3)[nH]c2c1. The number of hydrogen-bond acceptors (Lipinski definition) is 5. The standard InChI is InChI=1S/C21H19F4N7.C2H6/c22-15-2-3-16-17(9-15)29-20(28-16)19-13(10-27-30-19)12-31-5-7-32(8-6-31)18-4-1-14(11-26-18)21(23,24)25;1-2/h1-4,9-11H,5-8,12H2,(H,27,30)(H,28,29);1-2H3. The van der Waals surface area contributed by atoms with Crippen LogP contribution >= 0.6 is 0 Å². The van der Waals surface area contributed by atoms with E-state index in [2.05, 4.69) is 30.0 Å². The maximum atomic E-state index is 13.5. The van der Waals surface area contributed by atoms with Gasteiger partial charge in [-0.25, -0.2) is 14.4 Å². The van der Waals surface area contributed by atoms with E-state index in [0.29, 0.717) is 42.3 Å². The topological polar surface area (TPSA) is 76.7 Å². The number of nitrogens with one attached hydrogen (secondary N) is 2. The lowest BCUT2D eigenvalue weighted by Crippen LogP contribution is -2.46. The minimum Gasteiger partial charge on any atom is -0.354 e. The van der Waals surface area contributed by atoms with Crippen molar-refractivity contribution in [3.8, 4) is 11.5 Å². The molecule has 0 aliphatic carbocycles. The molecular formula is C23H25F4N7. The number of fused-ring (bicyclic) bond motifs is 1. The van der Waals surface area contributed by atoms with E-state index in [1.165, 1.54) is 18.2 Å². The van der Waals surface area contributed by atoms with Gasteiger partial charge in [-0.1, -0.05) is 13.8 Å². The van der Waals surface area contributed by atoms with Crippen molar-refractivity contribution in [2.24, 2.45) is 0 Å². The van der Waals surface area contributed by atoms with Crippen LogP contribution < -0.4 is 4.90 Å². The zero-order valence-corrected chi connectivity index (χ0v) is 18.8. The zero-order chi connectivity index (χ0) is 24.3. The molecule has 5 rings (SSSR count). The summed E-state index contributed by atoms with van der Waals surface area (Å²) in [5, 5.41) is 7.11. The van der Waals surface area contributed by atoms with Crippen molar-refractivity contribution < 1.29 is 17.6 Å². The first-order chi connectivity index (χ1) is 16.4. The molecule has 1 saturated heterocycles. The van der Waals surface area contributed by atoms with Gasteiger partial charge in [-0.05, 0) is 30.3 Å². The molecule has 0 bridgehead atoms. The molecule has 180 valence electrons. The van der Waals surface area contributed by atoms with Crippen molar-refractivity contribution in [1.82, 2.24) is 30.0 Å². The van der Waals surface area contributed by atoms with E-state index in [1.54, 1.807) is 12.3 Å². The molecule has 7 nitrogen and oxygen atoms in total. The number of hydrogen-bond donors (Lipinski definition) is 2. The van der Waals surface area contributed by atoms with Crippen LogP contribution in [0.4, 0.5) is 23.4 Å². The van der Waals surface area contributed by atoms with Crippen LogP contribution in [0.15, 0.2) is 42.7 Å². The van der Waals surface area contributed by atoms with E-state index >= 15 is 0 Å². The molecule has 0 unspecified atom stereocenters. The van der Waals surface area contributed by atoms with Gasteiger partial charge in [0.15, 0.2) is 5.82 Å². The predicted octanol–water partition coefficient (Wildman–Crippen LogP) is 4.85. The second kappa shape index (κ2) is 9.80. The minimum absolute atomic E-state index is 0.335. The van der Waals surface area contributed by atoms with Gasteiger partial charge < -0.3 is 9.88 Å². The highest BCUT2D eigenvalue weighted by Crippen LogP contribution is 2.30. The summed E-state index contributed by atoms with van der Waals surface area (Å²) in [5.74, 6) is 0.791. The average Bonchev–Trinajstić information content (AvgIpc) is 3.46. The van der Waals surface area contributed by atoms with Crippen LogP contribution in [0.5, 0.6) is 0 Å². The number of halogens is 4. The summed E-state index contributed by atoms with van der Waals surface area (Å²) in [6.07, 6.45) is -1.77. The molecule has 0 atom stereocenters. The van der Waals surface area contributed by atoms with Gasteiger partial charge in [-0.3, -0.25) is 10.00 Å². The first-order valence-electron chi connectivity index (χ1n) is 11.1. The van der Waals surface area contributed by atoms with E-state index in [4.69, 9.17) is 0 Å². The fourth-order valence-corrected chi connectivity index (χ4v) is 3.85. The van der Waals surface area contributed by atoms with Gasteiger partial charge in [-0.15, -0.1) is 0 Å². The summed E-state index contributed by atoms with van der Waals surface area (Å²) in [5.41, 5.74) is 2.22. The van der Waals surface area contributed by atoms with Crippen molar-refractivity contribution >= 4 is 16.9 Å². The molecule has 3 aromatic heterocycles. The number of nitrogens with zero attached hydrogens (tertiary/aromatic N) is 5. The number of H-pyrrole nitrogens is 2. The second-order valence-corrected chi connectivity index (χ2v) is 7.68. The van der Waals surface area contributed by atoms with Crippen molar-refractivity contribution in [3.05, 3.63) is 59.7 Å². The lowest BCUT2D eigenvalue weighted by atomic mass is 10.2. The predicted molar refractivity (Wildman–Crippen MR) is 122 cm³/mol. The molecule has 0 saturated carbocycles. The molecule has 34 heavy (non-hydrogen) atoms. The third-order valence-corrected chi connectivity index (χ3v) is 5.56.